The first-order valence-corrected chi connectivity index (χ1v) is 6.63. The molecule has 0 fully saturated rings. The molecule has 6 heteroatoms. The zero-order valence-corrected chi connectivity index (χ0v) is 12.3. The van der Waals surface area contributed by atoms with Gasteiger partial charge in [0.25, 0.3) is 0 Å². The van der Waals surface area contributed by atoms with E-state index in [2.05, 4.69) is 4.74 Å². The minimum Gasteiger partial charge on any atom is -0.456 e. The van der Waals surface area contributed by atoms with Gasteiger partial charge in [-0.15, -0.1) is 0 Å². The second kappa shape index (κ2) is 8.39. The number of ether oxygens (including phenoxy) is 3. The van der Waals surface area contributed by atoms with Crippen LogP contribution in [0.4, 0.5) is 0 Å². The first-order valence-electron chi connectivity index (χ1n) is 6.63. The molecule has 0 aliphatic heterocycles. The van der Waals surface area contributed by atoms with E-state index in [1.165, 1.54) is 13.8 Å². The van der Waals surface area contributed by atoms with Crippen LogP contribution in [0.1, 0.15) is 32.4 Å². The van der Waals surface area contributed by atoms with Crippen LogP contribution in [0, 0.1) is 0 Å². The van der Waals surface area contributed by atoms with Gasteiger partial charge in [0.15, 0.2) is 12.9 Å². The smallest absolute Gasteiger partial charge is 0.336 e. The fourth-order valence-electron chi connectivity index (χ4n) is 1.44. The quantitative estimate of drug-likeness (QED) is 0.607. The van der Waals surface area contributed by atoms with Crippen LogP contribution >= 0.6 is 0 Å². The van der Waals surface area contributed by atoms with Gasteiger partial charge in [0.1, 0.15) is 12.2 Å². The first kappa shape index (κ1) is 17.1. The number of carbonyl (C=O) groups is 2. The van der Waals surface area contributed by atoms with Gasteiger partial charge in [-0.1, -0.05) is 30.3 Å². The molecule has 3 atom stereocenters. The first-order chi connectivity index (χ1) is 9.91. The lowest BCUT2D eigenvalue weighted by Gasteiger charge is -2.17. The van der Waals surface area contributed by atoms with Crippen molar-refractivity contribution in [1.82, 2.24) is 0 Å². The molecule has 0 aromatic heterocycles. The second-order valence-corrected chi connectivity index (χ2v) is 4.56. The van der Waals surface area contributed by atoms with Crippen molar-refractivity contribution in [2.24, 2.45) is 0 Å². The molecule has 6 nitrogen and oxygen atoms in total. The van der Waals surface area contributed by atoms with E-state index in [4.69, 9.17) is 14.6 Å². The van der Waals surface area contributed by atoms with Crippen LogP contribution in [-0.2, 0) is 23.8 Å². The highest BCUT2D eigenvalue weighted by atomic mass is 16.7. The van der Waals surface area contributed by atoms with Crippen LogP contribution in [-0.4, -0.2) is 36.0 Å². The van der Waals surface area contributed by atoms with Crippen molar-refractivity contribution in [1.29, 1.82) is 0 Å². The molecule has 0 aliphatic rings. The van der Waals surface area contributed by atoms with Crippen molar-refractivity contribution in [3.63, 3.8) is 0 Å². The van der Waals surface area contributed by atoms with Crippen molar-refractivity contribution in [2.75, 3.05) is 6.79 Å². The number of carbonyl (C=O) groups excluding carboxylic acids is 2. The fourth-order valence-corrected chi connectivity index (χ4v) is 1.44. The Kier molecular flexibility index (Phi) is 6.84. The lowest BCUT2D eigenvalue weighted by Crippen LogP contribution is -2.27. The minimum absolute atomic E-state index is 0.398. The Balaban J connectivity index is 2.36. The summed E-state index contributed by atoms with van der Waals surface area (Å²) in [4.78, 5) is 22.8. The summed E-state index contributed by atoms with van der Waals surface area (Å²) in [7, 11) is 0. The number of hydrogen-bond acceptors (Lipinski definition) is 6. The average Bonchev–Trinajstić information content (AvgIpc) is 2.47. The van der Waals surface area contributed by atoms with Crippen LogP contribution in [0.25, 0.3) is 0 Å². The number of benzene rings is 1. The number of esters is 2. The van der Waals surface area contributed by atoms with Gasteiger partial charge in [0.05, 0.1) is 0 Å². The summed E-state index contributed by atoms with van der Waals surface area (Å²) in [5, 5.41) is 8.92. The Hall–Kier alpha value is -1.92. The predicted molar refractivity (Wildman–Crippen MR) is 74.1 cm³/mol. The molecule has 1 aromatic rings. The summed E-state index contributed by atoms with van der Waals surface area (Å²) < 4.78 is 14.9. The molecule has 1 rings (SSSR count). The van der Waals surface area contributed by atoms with E-state index in [9.17, 15) is 9.59 Å². The SMILES string of the molecule is C[C@H](OCOC(=O)[C@@H](C)O)C(=O)O[C@H](C)c1ccccc1. The Morgan fingerprint density at radius 2 is 1.71 bits per heavy atom. The average molecular weight is 296 g/mol. The summed E-state index contributed by atoms with van der Waals surface area (Å²) >= 11 is 0. The molecule has 0 saturated carbocycles. The Morgan fingerprint density at radius 3 is 2.29 bits per heavy atom. The molecule has 0 unspecified atom stereocenters. The topological polar surface area (TPSA) is 82.1 Å². The minimum atomic E-state index is -1.23. The molecule has 21 heavy (non-hydrogen) atoms. The molecule has 0 amide bonds. The van der Waals surface area contributed by atoms with E-state index >= 15 is 0 Å². The van der Waals surface area contributed by atoms with Gasteiger partial charge in [-0.2, -0.15) is 0 Å². The van der Waals surface area contributed by atoms with Gasteiger partial charge < -0.3 is 19.3 Å². The third-order valence-electron chi connectivity index (χ3n) is 2.75. The summed E-state index contributed by atoms with van der Waals surface area (Å²) in [5.74, 6) is -1.37. The van der Waals surface area contributed by atoms with E-state index in [0.717, 1.165) is 5.56 Å². The van der Waals surface area contributed by atoms with Crippen LogP contribution < -0.4 is 0 Å². The predicted octanol–water partition coefficient (Wildman–Crippen LogP) is 1.58. The fraction of sp³-hybridized carbons (Fsp3) is 0.467. The standard InChI is InChI=1S/C15H20O6/c1-10(16)14(17)20-9-19-12(3)15(18)21-11(2)13-7-5-4-6-8-13/h4-8,10-12,16H,9H2,1-3H3/t10-,11-,12+/m1/s1. The maximum Gasteiger partial charge on any atom is 0.336 e. The third kappa shape index (κ3) is 5.93. The molecule has 0 saturated heterocycles. The summed E-state index contributed by atoms with van der Waals surface area (Å²) in [6.45, 7) is 4.12. The molecular formula is C15H20O6. The van der Waals surface area contributed by atoms with Gasteiger partial charge in [-0.25, -0.2) is 9.59 Å². The summed E-state index contributed by atoms with van der Waals surface area (Å²) in [6, 6.07) is 9.30. The lowest BCUT2D eigenvalue weighted by atomic mass is 10.1. The largest absolute Gasteiger partial charge is 0.456 e. The summed E-state index contributed by atoms with van der Waals surface area (Å²) in [5.41, 5.74) is 0.874. The molecule has 1 aromatic carbocycles. The molecule has 0 bridgehead atoms. The van der Waals surface area contributed by atoms with Crippen molar-refractivity contribution in [3.05, 3.63) is 35.9 Å². The maximum absolute atomic E-state index is 11.8. The van der Waals surface area contributed by atoms with Gasteiger partial charge >= 0.3 is 11.9 Å². The van der Waals surface area contributed by atoms with Crippen LogP contribution in [0.2, 0.25) is 0 Å². The molecule has 0 spiro atoms. The van der Waals surface area contributed by atoms with E-state index in [-0.39, 0.29) is 0 Å². The van der Waals surface area contributed by atoms with E-state index in [1.807, 2.05) is 30.3 Å². The van der Waals surface area contributed by atoms with Crippen LogP contribution in [0.3, 0.4) is 0 Å². The maximum atomic E-state index is 11.8. The highest BCUT2D eigenvalue weighted by Gasteiger charge is 2.20. The molecule has 1 N–H and O–H groups in total. The highest BCUT2D eigenvalue weighted by Crippen LogP contribution is 2.17. The van der Waals surface area contributed by atoms with Gasteiger partial charge in [0.2, 0.25) is 0 Å². The van der Waals surface area contributed by atoms with Crippen molar-refractivity contribution in [3.8, 4) is 0 Å². The molecule has 0 aliphatic carbocycles. The second-order valence-electron chi connectivity index (χ2n) is 4.56. The third-order valence-corrected chi connectivity index (χ3v) is 2.75. The zero-order chi connectivity index (χ0) is 15.8. The Labute approximate surface area is 123 Å². The Morgan fingerprint density at radius 1 is 1.10 bits per heavy atom. The van der Waals surface area contributed by atoms with Gasteiger partial charge in [0, 0.05) is 0 Å². The highest BCUT2D eigenvalue weighted by molar-refractivity contribution is 5.75. The Bertz CT molecular complexity index is 456. The monoisotopic (exact) mass is 296 g/mol. The van der Waals surface area contributed by atoms with Gasteiger partial charge in [-0.05, 0) is 26.3 Å². The van der Waals surface area contributed by atoms with E-state index < -0.39 is 37.0 Å². The molecular weight excluding hydrogens is 276 g/mol. The zero-order valence-electron chi connectivity index (χ0n) is 12.3. The number of rotatable bonds is 7. The molecule has 0 heterocycles. The van der Waals surface area contributed by atoms with Crippen molar-refractivity contribution < 1.29 is 28.9 Å². The number of hydrogen-bond donors (Lipinski definition) is 1. The van der Waals surface area contributed by atoms with E-state index in [1.54, 1.807) is 6.92 Å². The molecule has 116 valence electrons. The van der Waals surface area contributed by atoms with Crippen molar-refractivity contribution >= 4 is 11.9 Å². The van der Waals surface area contributed by atoms with E-state index in [0.29, 0.717) is 0 Å². The van der Waals surface area contributed by atoms with Crippen LogP contribution in [0.5, 0.6) is 0 Å². The summed E-state index contributed by atoms with van der Waals surface area (Å²) in [6.07, 6.45) is -2.50. The van der Waals surface area contributed by atoms with Crippen molar-refractivity contribution in [2.45, 2.75) is 39.1 Å². The molecule has 0 radical (unpaired) electrons. The van der Waals surface area contributed by atoms with Crippen LogP contribution in [0.15, 0.2) is 30.3 Å². The van der Waals surface area contributed by atoms with Gasteiger partial charge in [-0.3, -0.25) is 0 Å². The number of aliphatic hydroxyl groups is 1. The lowest BCUT2D eigenvalue weighted by molar-refractivity contribution is -0.180. The normalized spacial score (nSPS) is 14.9. The number of aliphatic hydroxyl groups excluding tert-OH is 1.